The normalized spacial score (nSPS) is 11.7. The van der Waals surface area contributed by atoms with Crippen LogP contribution in [0.4, 0.5) is 0 Å². The van der Waals surface area contributed by atoms with E-state index in [2.05, 4.69) is 15.3 Å². The van der Waals surface area contributed by atoms with Crippen LogP contribution in [-0.4, -0.2) is 29.4 Å². The van der Waals surface area contributed by atoms with E-state index in [4.69, 9.17) is 28.2 Å². The Morgan fingerprint density at radius 2 is 1.79 bits per heavy atom. The molecule has 0 aliphatic carbocycles. The summed E-state index contributed by atoms with van der Waals surface area (Å²) in [7, 11) is 0. The molecule has 0 N–H and O–H groups in total. The first-order chi connectivity index (χ1) is 11.5. The lowest BCUT2D eigenvalue weighted by Crippen LogP contribution is -2.07. The zero-order valence-corrected chi connectivity index (χ0v) is 14.9. The highest BCUT2D eigenvalue weighted by molar-refractivity contribution is 6.42. The summed E-state index contributed by atoms with van der Waals surface area (Å²) in [6.45, 7) is 5.96. The molecule has 0 radical (unpaired) electrons. The first kappa shape index (κ1) is 15.4. The minimum atomic E-state index is 0.460. The average molecular weight is 361 g/mol. The second-order valence-corrected chi connectivity index (χ2v) is 6.47. The van der Waals surface area contributed by atoms with Gasteiger partial charge in [-0.2, -0.15) is 5.10 Å². The Balaban J connectivity index is 2.19. The summed E-state index contributed by atoms with van der Waals surface area (Å²) in [4.78, 5) is 4.73. The van der Waals surface area contributed by atoms with E-state index in [1.807, 2.05) is 31.2 Å². The van der Waals surface area contributed by atoms with E-state index in [1.165, 1.54) is 0 Å². The Morgan fingerprint density at radius 1 is 1.04 bits per heavy atom. The van der Waals surface area contributed by atoms with Crippen LogP contribution in [0.3, 0.4) is 0 Å². The summed E-state index contributed by atoms with van der Waals surface area (Å²) in [5, 5.41) is 14.1. The molecule has 0 unspecified atom stereocenters. The fourth-order valence-electron chi connectivity index (χ4n) is 2.89. The summed E-state index contributed by atoms with van der Waals surface area (Å²) in [6.07, 6.45) is 0.733. The minimum absolute atomic E-state index is 0.460. The number of halogens is 2. The number of aromatic nitrogens is 6. The molecule has 4 aromatic rings. The number of rotatable bonds is 2. The van der Waals surface area contributed by atoms with Crippen molar-refractivity contribution in [1.29, 1.82) is 0 Å². The summed E-state index contributed by atoms with van der Waals surface area (Å²) in [6, 6.07) is 5.55. The van der Waals surface area contributed by atoms with E-state index < -0.39 is 0 Å². The standard InChI is InChI=1S/C16H14Cl2N6/c1-4-14-20-21-16-15(24-9(3)5-8(2)22-24)19-12-6-10(17)11(18)7-13(12)23(14)16/h5-7H,4H2,1-3H3. The van der Waals surface area contributed by atoms with Gasteiger partial charge in [-0.25, -0.2) is 9.67 Å². The Kier molecular flexibility index (Phi) is 3.47. The molecule has 6 nitrogen and oxygen atoms in total. The molecule has 0 saturated carbocycles. The van der Waals surface area contributed by atoms with Crippen molar-refractivity contribution < 1.29 is 0 Å². The number of nitrogens with zero attached hydrogens (tertiary/aromatic N) is 6. The highest BCUT2D eigenvalue weighted by atomic mass is 35.5. The summed E-state index contributed by atoms with van der Waals surface area (Å²) in [5.41, 5.74) is 4.07. The van der Waals surface area contributed by atoms with Crippen molar-refractivity contribution in [2.24, 2.45) is 0 Å². The topological polar surface area (TPSA) is 60.9 Å². The van der Waals surface area contributed by atoms with Crippen LogP contribution in [0.1, 0.15) is 24.1 Å². The molecule has 0 aliphatic heterocycles. The zero-order chi connectivity index (χ0) is 17.0. The molecular formula is C16H14Cl2N6. The highest BCUT2D eigenvalue weighted by Crippen LogP contribution is 2.29. The molecule has 0 fully saturated rings. The van der Waals surface area contributed by atoms with E-state index in [0.717, 1.165) is 29.1 Å². The van der Waals surface area contributed by atoms with E-state index >= 15 is 0 Å². The summed E-state index contributed by atoms with van der Waals surface area (Å²) in [5.74, 6) is 1.46. The van der Waals surface area contributed by atoms with Gasteiger partial charge < -0.3 is 0 Å². The first-order valence-electron chi connectivity index (χ1n) is 7.56. The molecule has 3 heterocycles. The van der Waals surface area contributed by atoms with Crippen molar-refractivity contribution in [3.63, 3.8) is 0 Å². The van der Waals surface area contributed by atoms with Gasteiger partial charge in [0, 0.05) is 12.1 Å². The quantitative estimate of drug-likeness (QED) is 0.542. The van der Waals surface area contributed by atoms with E-state index in [9.17, 15) is 0 Å². The van der Waals surface area contributed by atoms with Crippen LogP contribution >= 0.6 is 23.2 Å². The minimum Gasteiger partial charge on any atom is -0.274 e. The van der Waals surface area contributed by atoms with Gasteiger partial charge in [-0.3, -0.25) is 4.40 Å². The third kappa shape index (κ3) is 2.17. The molecule has 0 amide bonds. The molecule has 8 heteroatoms. The molecule has 0 aliphatic rings. The van der Waals surface area contributed by atoms with Crippen LogP contribution in [0.25, 0.3) is 22.5 Å². The third-order valence-electron chi connectivity index (χ3n) is 3.94. The maximum absolute atomic E-state index is 6.20. The van der Waals surface area contributed by atoms with Crippen LogP contribution in [0.5, 0.6) is 0 Å². The molecule has 24 heavy (non-hydrogen) atoms. The predicted molar refractivity (Wildman–Crippen MR) is 94.3 cm³/mol. The first-order valence-corrected chi connectivity index (χ1v) is 8.31. The van der Waals surface area contributed by atoms with Crippen LogP contribution < -0.4 is 0 Å². The molecule has 3 aromatic heterocycles. The smallest absolute Gasteiger partial charge is 0.206 e. The largest absolute Gasteiger partial charge is 0.274 e. The molecule has 0 atom stereocenters. The number of fused-ring (bicyclic) bond motifs is 3. The lowest BCUT2D eigenvalue weighted by Gasteiger charge is -2.10. The molecule has 4 rings (SSSR count). The Morgan fingerprint density at radius 3 is 2.46 bits per heavy atom. The van der Waals surface area contributed by atoms with Gasteiger partial charge in [0.2, 0.25) is 5.65 Å². The lowest BCUT2D eigenvalue weighted by atomic mass is 10.3. The SMILES string of the molecule is CCc1nnc2c(-n3nc(C)cc3C)nc3cc(Cl)c(Cl)cc3n12. The van der Waals surface area contributed by atoms with Crippen molar-refractivity contribution >= 4 is 39.9 Å². The van der Waals surface area contributed by atoms with E-state index in [-0.39, 0.29) is 0 Å². The number of aryl methyl sites for hydroxylation is 3. The average Bonchev–Trinajstić information content (AvgIpc) is 3.11. The molecular weight excluding hydrogens is 347 g/mol. The van der Waals surface area contributed by atoms with Gasteiger partial charge in [0.05, 0.1) is 26.8 Å². The fraction of sp³-hybridized carbons (Fsp3) is 0.250. The molecule has 122 valence electrons. The van der Waals surface area contributed by atoms with Crippen LogP contribution in [-0.2, 0) is 6.42 Å². The van der Waals surface area contributed by atoms with Crippen LogP contribution in [0.15, 0.2) is 18.2 Å². The monoisotopic (exact) mass is 360 g/mol. The molecule has 0 saturated heterocycles. The van der Waals surface area contributed by atoms with Crippen molar-refractivity contribution in [2.45, 2.75) is 27.2 Å². The van der Waals surface area contributed by atoms with Gasteiger partial charge in [-0.15, -0.1) is 10.2 Å². The lowest BCUT2D eigenvalue weighted by molar-refractivity contribution is 0.808. The van der Waals surface area contributed by atoms with Gasteiger partial charge in [0.25, 0.3) is 0 Å². The third-order valence-corrected chi connectivity index (χ3v) is 4.66. The Bertz CT molecular complexity index is 1100. The zero-order valence-electron chi connectivity index (χ0n) is 13.4. The van der Waals surface area contributed by atoms with Gasteiger partial charge in [0.1, 0.15) is 5.82 Å². The van der Waals surface area contributed by atoms with Crippen molar-refractivity contribution in [3.05, 3.63) is 45.5 Å². The second-order valence-electron chi connectivity index (χ2n) is 5.66. The van der Waals surface area contributed by atoms with Crippen molar-refractivity contribution in [2.75, 3.05) is 0 Å². The Labute approximate surface area is 148 Å². The highest BCUT2D eigenvalue weighted by Gasteiger charge is 2.18. The van der Waals surface area contributed by atoms with Crippen molar-refractivity contribution in [3.8, 4) is 5.82 Å². The maximum Gasteiger partial charge on any atom is 0.206 e. The second kappa shape index (κ2) is 5.43. The predicted octanol–water partition coefficient (Wildman–Crippen LogP) is 3.95. The van der Waals surface area contributed by atoms with Crippen LogP contribution in [0.2, 0.25) is 10.0 Å². The van der Waals surface area contributed by atoms with Gasteiger partial charge in [-0.05, 0) is 32.0 Å². The van der Waals surface area contributed by atoms with E-state index in [0.29, 0.717) is 27.0 Å². The maximum atomic E-state index is 6.20. The summed E-state index contributed by atoms with van der Waals surface area (Å²) < 4.78 is 3.75. The number of hydrogen-bond donors (Lipinski definition) is 0. The van der Waals surface area contributed by atoms with Crippen molar-refractivity contribution in [1.82, 2.24) is 29.4 Å². The summed E-state index contributed by atoms with van der Waals surface area (Å²) >= 11 is 12.4. The van der Waals surface area contributed by atoms with Gasteiger partial charge >= 0.3 is 0 Å². The van der Waals surface area contributed by atoms with Crippen LogP contribution in [0, 0.1) is 13.8 Å². The fourth-order valence-corrected chi connectivity index (χ4v) is 3.20. The van der Waals surface area contributed by atoms with E-state index in [1.54, 1.807) is 16.8 Å². The number of benzene rings is 1. The molecule has 0 spiro atoms. The number of hydrogen-bond acceptors (Lipinski definition) is 4. The van der Waals surface area contributed by atoms with Gasteiger partial charge in [-0.1, -0.05) is 30.1 Å². The van der Waals surface area contributed by atoms with Gasteiger partial charge in [0.15, 0.2) is 5.82 Å². The Hall–Kier alpha value is -2.18. The molecule has 0 bridgehead atoms. The molecule has 1 aromatic carbocycles.